The number of nitrogens with zero attached hydrogens (tertiary/aromatic N) is 1. The molecule has 2 aromatic heterocycles. The number of hydrogen-bond donors (Lipinski definition) is 0. The van der Waals surface area contributed by atoms with Crippen LogP contribution in [0.5, 0.6) is 0 Å². The fourth-order valence-corrected chi connectivity index (χ4v) is 9.65. The lowest BCUT2D eigenvalue weighted by Crippen LogP contribution is -2.14. The van der Waals surface area contributed by atoms with Crippen molar-refractivity contribution in [2.45, 2.75) is 19.3 Å². The van der Waals surface area contributed by atoms with E-state index in [4.69, 9.17) is 4.42 Å². The third kappa shape index (κ3) is 3.82. The van der Waals surface area contributed by atoms with Crippen LogP contribution in [0.4, 0.5) is 0 Å². The normalized spacial score (nSPS) is 13.6. The molecule has 0 amide bonds. The molecule has 1 aliphatic carbocycles. The second-order valence-electron chi connectivity index (χ2n) is 15.3. The minimum absolute atomic E-state index is 0.104. The van der Waals surface area contributed by atoms with Crippen LogP contribution in [-0.2, 0) is 5.41 Å². The van der Waals surface area contributed by atoms with Gasteiger partial charge in [-0.1, -0.05) is 135 Å². The van der Waals surface area contributed by atoms with Gasteiger partial charge in [0.2, 0.25) is 0 Å². The number of fused-ring (bicyclic) bond motifs is 15. The van der Waals surface area contributed by atoms with Gasteiger partial charge in [-0.15, -0.1) is 0 Å². The lowest BCUT2D eigenvalue weighted by atomic mass is 9.82. The number of para-hydroxylation sites is 2. The number of rotatable bonds is 2. The maximum absolute atomic E-state index is 6.45. The first-order valence-corrected chi connectivity index (χ1v) is 18.5. The van der Waals surface area contributed by atoms with Gasteiger partial charge in [0.25, 0.3) is 0 Å². The van der Waals surface area contributed by atoms with Crippen LogP contribution >= 0.6 is 0 Å². The molecule has 0 aliphatic heterocycles. The average molecular weight is 676 g/mol. The molecule has 0 saturated carbocycles. The van der Waals surface area contributed by atoms with Crippen molar-refractivity contribution in [3.05, 3.63) is 175 Å². The molecular weight excluding hydrogens is 643 g/mol. The summed E-state index contributed by atoms with van der Waals surface area (Å²) in [7, 11) is 0. The fraction of sp³-hybridized carbons (Fsp3) is 0.0588. The Morgan fingerprint density at radius 2 is 0.962 bits per heavy atom. The van der Waals surface area contributed by atoms with Crippen LogP contribution in [0, 0.1) is 0 Å². The van der Waals surface area contributed by atoms with Crippen molar-refractivity contribution < 1.29 is 4.42 Å². The molecule has 11 aromatic rings. The molecule has 248 valence electrons. The van der Waals surface area contributed by atoms with Gasteiger partial charge in [-0.05, 0) is 103 Å². The maximum atomic E-state index is 6.45. The molecule has 0 fully saturated rings. The zero-order valence-corrected chi connectivity index (χ0v) is 29.4. The summed E-state index contributed by atoms with van der Waals surface area (Å²) in [5.74, 6) is 0. The van der Waals surface area contributed by atoms with Gasteiger partial charge in [0.05, 0.1) is 11.0 Å². The van der Waals surface area contributed by atoms with Crippen LogP contribution in [0.2, 0.25) is 0 Å². The van der Waals surface area contributed by atoms with Crippen LogP contribution < -0.4 is 0 Å². The number of benzene rings is 9. The van der Waals surface area contributed by atoms with Crippen molar-refractivity contribution in [1.82, 2.24) is 4.57 Å². The van der Waals surface area contributed by atoms with E-state index in [2.05, 4.69) is 176 Å². The Balaban J connectivity index is 1.16. The summed E-state index contributed by atoms with van der Waals surface area (Å²) in [6, 6.07) is 60.4. The van der Waals surface area contributed by atoms with Gasteiger partial charge in [-0.2, -0.15) is 0 Å². The van der Waals surface area contributed by atoms with E-state index in [1.807, 2.05) is 6.07 Å². The van der Waals surface area contributed by atoms with E-state index in [0.717, 1.165) is 38.8 Å². The molecule has 2 heterocycles. The molecule has 0 bridgehead atoms. The van der Waals surface area contributed by atoms with Gasteiger partial charge in [0.15, 0.2) is 0 Å². The monoisotopic (exact) mass is 675 g/mol. The van der Waals surface area contributed by atoms with Gasteiger partial charge in [0.1, 0.15) is 11.2 Å². The Labute approximate surface area is 306 Å². The third-order valence-electron chi connectivity index (χ3n) is 12.2. The SMILES string of the molecule is CC1(C)c2ccccc2-c2cc3c4cc5c6ccccc6c6ccccc6c5cc4n(-c4ccc(-c5cccc6c5oc5ccccc56)cc4)c3cc21. The van der Waals surface area contributed by atoms with E-state index < -0.39 is 0 Å². The van der Waals surface area contributed by atoms with Crippen LogP contribution in [0.15, 0.2) is 168 Å². The van der Waals surface area contributed by atoms with Gasteiger partial charge in [-0.25, -0.2) is 0 Å². The Morgan fingerprint density at radius 1 is 0.396 bits per heavy atom. The number of furan rings is 1. The minimum atomic E-state index is -0.104. The van der Waals surface area contributed by atoms with Crippen molar-refractivity contribution >= 4 is 76.1 Å². The maximum Gasteiger partial charge on any atom is 0.143 e. The summed E-state index contributed by atoms with van der Waals surface area (Å²) < 4.78 is 8.94. The largest absolute Gasteiger partial charge is 0.455 e. The van der Waals surface area contributed by atoms with Crippen LogP contribution in [0.25, 0.3) is 104 Å². The van der Waals surface area contributed by atoms with E-state index in [1.54, 1.807) is 0 Å². The van der Waals surface area contributed by atoms with Gasteiger partial charge < -0.3 is 8.98 Å². The third-order valence-corrected chi connectivity index (χ3v) is 12.2. The molecule has 0 radical (unpaired) electrons. The Kier molecular flexibility index (Phi) is 5.60. The first-order chi connectivity index (χ1) is 26.0. The highest BCUT2D eigenvalue weighted by Crippen LogP contribution is 2.51. The predicted molar refractivity (Wildman–Crippen MR) is 224 cm³/mol. The molecule has 0 unspecified atom stereocenters. The van der Waals surface area contributed by atoms with Crippen molar-refractivity contribution in [2.24, 2.45) is 0 Å². The topological polar surface area (TPSA) is 18.1 Å². The number of aromatic nitrogens is 1. The summed E-state index contributed by atoms with van der Waals surface area (Å²) in [5, 5.41) is 12.6. The van der Waals surface area contributed by atoms with Crippen molar-refractivity contribution in [2.75, 3.05) is 0 Å². The first kappa shape index (κ1) is 29.0. The van der Waals surface area contributed by atoms with Crippen molar-refractivity contribution in [1.29, 1.82) is 0 Å². The smallest absolute Gasteiger partial charge is 0.143 e. The Morgan fingerprint density at radius 3 is 1.72 bits per heavy atom. The molecule has 1 aliphatic rings. The van der Waals surface area contributed by atoms with E-state index in [0.29, 0.717) is 0 Å². The average Bonchev–Trinajstić information content (AvgIpc) is 3.82. The fourth-order valence-electron chi connectivity index (χ4n) is 9.65. The standard InChI is InChI=1S/C51H33NO/c1-51(2)45-20-9-7-16-37(45)42-27-44-43-26-40-35-14-5-3-12-33(35)34-13-4-6-15-36(34)41(40)28-47(43)52(48(44)29-46(42)51)31-24-22-30(23-25-31)32-18-11-19-39-38-17-8-10-21-49(38)53-50(32)39/h3-29H,1-2H3. The summed E-state index contributed by atoms with van der Waals surface area (Å²) in [5.41, 5.74) is 13.0. The van der Waals surface area contributed by atoms with Gasteiger partial charge >= 0.3 is 0 Å². The van der Waals surface area contributed by atoms with E-state index in [-0.39, 0.29) is 5.41 Å². The molecule has 0 N–H and O–H groups in total. The van der Waals surface area contributed by atoms with Gasteiger partial charge in [0, 0.05) is 38.2 Å². The summed E-state index contributed by atoms with van der Waals surface area (Å²) in [4.78, 5) is 0. The summed E-state index contributed by atoms with van der Waals surface area (Å²) in [6.07, 6.45) is 0. The van der Waals surface area contributed by atoms with Crippen LogP contribution in [-0.4, -0.2) is 4.57 Å². The van der Waals surface area contributed by atoms with Crippen molar-refractivity contribution in [3.63, 3.8) is 0 Å². The summed E-state index contributed by atoms with van der Waals surface area (Å²) >= 11 is 0. The lowest BCUT2D eigenvalue weighted by molar-refractivity contribution is 0.661. The molecule has 9 aromatic carbocycles. The quantitative estimate of drug-likeness (QED) is 0.167. The predicted octanol–water partition coefficient (Wildman–Crippen LogP) is 14.1. The zero-order valence-electron chi connectivity index (χ0n) is 29.4. The molecule has 2 nitrogen and oxygen atoms in total. The molecule has 0 spiro atoms. The minimum Gasteiger partial charge on any atom is -0.455 e. The Hall–Kier alpha value is -6.64. The van der Waals surface area contributed by atoms with Crippen LogP contribution in [0.3, 0.4) is 0 Å². The second-order valence-corrected chi connectivity index (χ2v) is 15.3. The molecule has 0 saturated heterocycles. The molecular formula is C51H33NO. The highest BCUT2D eigenvalue weighted by Gasteiger charge is 2.36. The zero-order chi connectivity index (χ0) is 35.0. The van der Waals surface area contributed by atoms with E-state index >= 15 is 0 Å². The van der Waals surface area contributed by atoms with Crippen molar-refractivity contribution in [3.8, 4) is 27.9 Å². The summed E-state index contributed by atoms with van der Waals surface area (Å²) in [6.45, 7) is 4.74. The van der Waals surface area contributed by atoms with Gasteiger partial charge in [-0.3, -0.25) is 0 Å². The lowest BCUT2D eigenvalue weighted by Gasteiger charge is -2.21. The van der Waals surface area contributed by atoms with E-state index in [9.17, 15) is 0 Å². The molecule has 0 atom stereocenters. The molecule has 12 rings (SSSR count). The second kappa shape index (κ2) is 10.2. The highest BCUT2D eigenvalue weighted by atomic mass is 16.3. The van der Waals surface area contributed by atoms with E-state index in [1.165, 1.54) is 76.4 Å². The highest BCUT2D eigenvalue weighted by molar-refractivity contribution is 6.29. The number of hydrogen-bond acceptors (Lipinski definition) is 1. The Bertz CT molecular complexity index is 3350. The van der Waals surface area contributed by atoms with Crippen LogP contribution in [0.1, 0.15) is 25.0 Å². The molecule has 2 heteroatoms. The first-order valence-electron chi connectivity index (χ1n) is 18.5. The molecule has 53 heavy (non-hydrogen) atoms.